The smallest absolute Gasteiger partial charge is 0.780 e. The van der Waals surface area contributed by atoms with E-state index in [4.69, 9.17) is 39.9 Å². The van der Waals surface area contributed by atoms with E-state index >= 15 is 0 Å². The third kappa shape index (κ3) is 1270. The minimum Gasteiger partial charge on any atom is -0.780 e. The van der Waals surface area contributed by atoms with Gasteiger partial charge in [0.2, 0.25) is 0 Å². The Morgan fingerprint density at radius 2 is 0.529 bits per heavy atom. The van der Waals surface area contributed by atoms with E-state index < -0.39 is 27.2 Å². The van der Waals surface area contributed by atoms with Crippen LogP contribution in [0, 0.1) is 0 Å². The molecule has 0 aromatic heterocycles. The summed E-state index contributed by atoms with van der Waals surface area (Å²) in [7, 11) is -13.0. The van der Waals surface area contributed by atoms with Crippen LogP contribution >= 0.6 is 0 Å². The standard InChI is InChI=1S/2Co.3H2O3S2/c;;3*1-5(2,3)4/h;;3*(H2,1,2,3,4)/q2*+3;;;/p-6. The van der Waals surface area contributed by atoms with Gasteiger partial charge in [0.05, 0.1) is 0 Å². The molecule has 108 valence electrons. The Morgan fingerprint density at radius 3 is 0.529 bits per heavy atom. The molecule has 0 aliphatic heterocycles. The van der Waals surface area contributed by atoms with Gasteiger partial charge in [-0.3, -0.25) is 12.6 Å². The molecule has 17 heteroatoms. The van der Waals surface area contributed by atoms with E-state index in [1.54, 1.807) is 0 Å². The number of hydrogen-bond acceptors (Lipinski definition) is 12. The van der Waals surface area contributed by atoms with E-state index in [1.807, 2.05) is 0 Å². The molecule has 0 bridgehead atoms. The van der Waals surface area contributed by atoms with E-state index in [0.29, 0.717) is 0 Å². The molecule has 0 saturated heterocycles. The summed E-state index contributed by atoms with van der Waals surface area (Å²) >= 11 is 9.73. The largest absolute Gasteiger partial charge is 3.00 e. The van der Waals surface area contributed by atoms with Gasteiger partial charge in [0, 0.05) is 0 Å². The summed E-state index contributed by atoms with van der Waals surface area (Å²) in [5.74, 6) is 0. The first-order chi connectivity index (χ1) is 6.00. The van der Waals surface area contributed by atoms with Crippen molar-refractivity contribution in [3.05, 3.63) is 0 Å². The molecular weight excluding hydrogens is 454 g/mol. The molecule has 0 aromatic carbocycles. The van der Waals surface area contributed by atoms with Crippen molar-refractivity contribution in [2.75, 3.05) is 0 Å². The van der Waals surface area contributed by atoms with E-state index in [0.717, 1.165) is 0 Å². The van der Waals surface area contributed by atoms with Crippen LogP contribution in [0.4, 0.5) is 0 Å². The van der Waals surface area contributed by atoms with Crippen LogP contribution in [0.5, 0.6) is 0 Å². The molecule has 0 N–H and O–H groups in total. The summed E-state index contributed by atoms with van der Waals surface area (Å²) in [6.07, 6.45) is 0. The van der Waals surface area contributed by atoms with Crippen molar-refractivity contribution in [2.24, 2.45) is 0 Å². The predicted molar refractivity (Wildman–Crippen MR) is 51.2 cm³/mol. The van der Waals surface area contributed by atoms with Crippen molar-refractivity contribution in [1.82, 2.24) is 0 Å². The number of hydrogen-bond donors (Lipinski definition) is 0. The Hall–Kier alpha value is 1.88. The zero-order chi connectivity index (χ0) is 13.5. The summed E-state index contributed by atoms with van der Waals surface area (Å²) in [5, 5.41) is 0. The van der Waals surface area contributed by atoms with Gasteiger partial charge < -0.3 is 27.3 Å². The Balaban J connectivity index is -0.0000000400. The second-order valence-corrected chi connectivity index (χ2v) is 7.35. The molecule has 0 heterocycles. The summed E-state index contributed by atoms with van der Waals surface area (Å²) in [5.41, 5.74) is 0. The molecule has 0 fully saturated rings. The maximum atomic E-state index is 8.89. The van der Waals surface area contributed by atoms with Gasteiger partial charge in [-0.15, -0.1) is 27.2 Å². The van der Waals surface area contributed by atoms with E-state index in [1.165, 1.54) is 0 Å². The van der Waals surface area contributed by atoms with Crippen molar-refractivity contribution >= 4 is 60.7 Å². The maximum Gasteiger partial charge on any atom is 3.00 e. The fourth-order valence-electron chi connectivity index (χ4n) is 0. The topological polar surface area (TPSA) is 190 Å². The zero-order valence-electron chi connectivity index (χ0n) is 6.79. The Labute approximate surface area is 133 Å². The van der Waals surface area contributed by atoms with Crippen molar-refractivity contribution in [1.29, 1.82) is 0 Å². The molecule has 0 aliphatic carbocycles. The van der Waals surface area contributed by atoms with Gasteiger partial charge in [-0.1, -0.05) is 0 Å². The first-order valence-corrected chi connectivity index (χ1v) is 9.00. The molecule has 0 aromatic rings. The molecule has 0 radical (unpaired) electrons. The summed E-state index contributed by atoms with van der Waals surface area (Å²) in [6.45, 7) is 0. The van der Waals surface area contributed by atoms with E-state index in [9.17, 15) is 0 Å². The normalized spacial score (nSPS) is 10.2. The third-order valence-electron chi connectivity index (χ3n) is 0. The summed E-state index contributed by atoms with van der Waals surface area (Å²) in [4.78, 5) is 0. The molecule has 0 spiro atoms. The van der Waals surface area contributed by atoms with Crippen LogP contribution < -0.4 is 0 Å². The van der Waals surface area contributed by atoms with Crippen LogP contribution in [0.15, 0.2) is 0 Å². The van der Waals surface area contributed by atoms with E-state index in [2.05, 4.69) is 33.6 Å². The summed E-state index contributed by atoms with van der Waals surface area (Å²) in [6, 6.07) is 0. The van der Waals surface area contributed by atoms with Crippen LogP contribution in [0.2, 0.25) is 0 Å². The molecule has 0 aliphatic rings. The van der Waals surface area contributed by atoms with Gasteiger partial charge in [0.25, 0.3) is 0 Å². The molecule has 9 nitrogen and oxygen atoms in total. The number of rotatable bonds is 0. The quantitative estimate of drug-likeness (QED) is 0.361. The van der Waals surface area contributed by atoms with E-state index in [-0.39, 0.29) is 33.6 Å². The molecule has 0 amide bonds. The van der Waals surface area contributed by atoms with Gasteiger partial charge >= 0.3 is 33.6 Å². The average molecular weight is 454 g/mol. The monoisotopic (exact) mass is 454 g/mol. The van der Waals surface area contributed by atoms with Crippen LogP contribution in [0.3, 0.4) is 0 Å². The van der Waals surface area contributed by atoms with Gasteiger partial charge in [-0.2, -0.15) is 0 Å². The van der Waals surface area contributed by atoms with Gasteiger partial charge in [0.15, 0.2) is 0 Å². The summed E-state index contributed by atoms with van der Waals surface area (Å²) < 4.78 is 80.0. The van der Waals surface area contributed by atoms with Crippen LogP contribution in [-0.4, -0.2) is 39.9 Å². The van der Waals surface area contributed by atoms with Crippen molar-refractivity contribution in [3.8, 4) is 0 Å². The van der Waals surface area contributed by atoms with Crippen molar-refractivity contribution in [3.63, 3.8) is 0 Å². The molecule has 0 atom stereocenters. The fourth-order valence-corrected chi connectivity index (χ4v) is 0. The second-order valence-electron chi connectivity index (χ2n) is 1.22. The fraction of sp³-hybridized carbons (Fsp3) is 0. The minimum absolute atomic E-state index is 0. The van der Waals surface area contributed by atoms with Gasteiger partial charge in [0.1, 0.15) is 0 Å². The molecular formula is Co2O9S6. The van der Waals surface area contributed by atoms with Crippen LogP contribution in [-0.2, 0) is 94.3 Å². The molecule has 0 saturated carbocycles. The molecule has 0 unspecified atom stereocenters. The van der Waals surface area contributed by atoms with Crippen molar-refractivity contribution in [2.45, 2.75) is 0 Å². The van der Waals surface area contributed by atoms with Crippen LogP contribution in [0.25, 0.3) is 0 Å². The average Bonchev–Trinajstić information content (AvgIpc) is 1.41. The molecule has 17 heavy (non-hydrogen) atoms. The molecule has 0 rings (SSSR count). The minimum atomic E-state index is -4.33. The van der Waals surface area contributed by atoms with Gasteiger partial charge in [-0.05, 0) is 33.6 Å². The first kappa shape index (κ1) is 31.3. The van der Waals surface area contributed by atoms with Crippen molar-refractivity contribution < 1.29 is 73.5 Å². The SMILES string of the molecule is O=S([O-])([O-])=S.O=S([O-])([O-])=S.O=S([O-])([O-])=S.[Co+3].[Co+3]. The third-order valence-corrected chi connectivity index (χ3v) is 0. The predicted octanol–water partition coefficient (Wildman–Crippen LogP) is -3.02. The maximum absolute atomic E-state index is 8.89. The Bertz CT molecular complexity index is 344. The van der Waals surface area contributed by atoms with Crippen LogP contribution in [0.1, 0.15) is 0 Å². The second kappa shape index (κ2) is 12.9. The first-order valence-electron chi connectivity index (χ1n) is 2.00. The Kier molecular flexibility index (Phi) is 23.8. The Morgan fingerprint density at radius 1 is 0.529 bits per heavy atom. The van der Waals surface area contributed by atoms with Gasteiger partial charge in [-0.25, -0.2) is 0 Å². The zero-order valence-corrected chi connectivity index (χ0v) is 13.8.